The van der Waals surface area contributed by atoms with Crippen molar-refractivity contribution in [1.29, 1.82) is 0 Å². The first-order valence-electron chi connectivity index (χ1n) is 4.12. The molecule has 1 aromatic carbocycles. The predicted molar refractivity (Wildman–Crippen MR) is 60.1 cm³/mol. The van der Waals surface area contributed by atoms with Gasteiger partial charge in [0.05, 0.1) is 12.7 Å². The van der Waals surface area contributed by atoms with Crippen molar-refractivity contribution in [2.75, 3.05) is 7.11 Å². The Morgan fingerprint density at radius 1 is 1.60 bits per heavy atom. The Bertz CT molecular complexity index is 387. The van der Waals surface area contributed by atoms with E-state index in [0.717, 1.165) is 0 Å². The van der Waals surface area contributed by atoms with E-state index in [2.05, 4.69) is 20.7 Å². The van der Waals surface area contributed by atoms with Crippen molar-refractivity contribution in [3.05, 3.63) is 34.9 Å². The van der Waals surface area contributed by atoms with Crippen molar-refractivity contribution in [2.45, 2.75) is 11.0 Å². The largest absolute Gasteiger partial charge is 0.465 e. The fourth-order valence-corrected chi connectivity index (χ4v) is 1.54. The number of methoxy groups -OCH3 is 1. The first kappa shape index (κ1) is 12.5. The molecule has 0 aliphatic heterocycles. The maximum Gasteiger partial charge on any atom is 0.338 e. The van der Waals surface area contributed by atoms with Crippen LogP contribution in [0.25, 0.3) is 0 Å². The van der Waals surface area contributed by atoms with Crippen LogP contribution in [0.2, 0.25) is 0 Å². The molecule has 0 N–H and O–H groups in total. The maximum absolute atomic E-state index is 13.3. The van der Waals surface area contributed by atoms with E-state index < -0.39 is 10.0 Å². The zero-order valence-corrected chi connectivity index (χ0v) is 10.5. The molecule has 0 aliphatic carbocycles. The second-order valence-corrected chi connectivity index (χ2v) is 5.09. The van der Waals surface area contributed by atoms with Gasteiger partial charge < -0.3 is 4.74 Å². The van der Waals surface area contributed by atoms with Gasteiger partial charge in [-0.05, 0) is 40.5 Å². The number of hydrogen-bond donors (Lipinski definition) is 0. The zero-order chi connectivity index (χ0) is 11.6. The lowest BCUT2D eigenvalue weighted by atomic mass is 10.1. The minimum absolute atomic E-state index is 0.245. The van der Waals surface area contributed by atoms with E-state index >= 15 is 0 Å². The number of alkyl halides is 3. The molecule has 0 amide bonds. The molecule has 0 aromatic heterocycles. The third-order valence-corrected chi connectivity index (χ3v) is 2.64. The van der Waals surface area contributed by atoms with Gasteiger partial charge in [0.2, 0.25) is 0 Å². The number of carbonyl (C=O) groups excluding carboxylic acids is 1. The number of esters is 1. The van der Waals surface area contributed by atoms with Crippen LogP contribution in [0.4, 0.5) is 4.39 Å². The number of ether oxygens (including phenoxy) is 1. The normalized spacial score (nSPS) is 14.5. The summed E-state index contributed by atoms with van der Waals surface area (Å²) in [5, 5.41) is 0. The Labute approximate surface area is 101 Å². The number of aryl methyl sites for hydroxylation is 1. The van der Waals surface area contributed by atoms with Gasteiger partial charge in [0, 0.05) is 5.56 Å². The van der Waals surface area contributed by atoms with E-state index in [-0.39, 0.29) is 5.56 Å². The molecule has 1 rings (SSSR count). The predicted octanol–water partition coefficient (Wildman–Crippen LogP) is 3.50. The summed E-state index contributed by atoms with van der Waals surface area (Å²) in [6.07, 6.45) is 0. The van der Waals surface area contributed by atoms with Crippen LogP contribution >= 0.6 is 27.5 Å². The number of halogens is 3. The monoisotopic (exact) mass is 294 g/mol. The molecule has 1 atom stereocenters. The van der Waals surface area contributed by atoms with Crippen LogP contribution in [0.5, 0.6) is 0 Å². The van der Waals surface area contributed by atoms with Gasteiger partial charge in [-0.3, -0.25) is 0 Å². The average molecular weight is 296 g/mol. The molecule has 0 heterocycles. The Hall–Kier alpha value is -0.610. The van der Waals surface area contributed by atoms with E-state index in [1.165, 1.54) is 25.3 Å². The summed E-state index contributed by atoms with van der Waals surface area (Å²) >= 11 is 8.11. The first-order chi connectivity index (χ1) is 6.86. The standard InChI is InChI=1S/C10H9BrClFO2/c1-6-5-7(10(11,12)13)3-4-8(6)9(14)15-2/h3-5H,1-2H3. The van der Waals surface area contributed by atoms with Crippen molar-refractivity contribution in [3.63, 3.8) is 0 Å². The van der Waals surface area contributed by atoms with E-state index in [4.69, 9.17) is 11.6 Å². The number of rotatable bonds is 2. The average Bonchev–Trinajstić information content (AvgIpc) is 2.15. The van der Waals surface area contributed by atoms with Crippen LogP contribution in [0.1, 0.15) is 21.5 Å². The van der Waals surface area contributed by atoms with Crippen LogP contribution in [0.3, 0.4) is 0 Å². The second-order valence-electron chi connectivity index (χ2n) is 3.02. The van der Waals surface area contributed by atoms with Gasteiger partial charge in [-0.15, -0.1) is 0 Å². The fourth-order valence-electron chi connectivity index (χ4n) is 1.18. The van der Waals surface area contributed by atoms with Crippen LogP contribution in [-0.4, -0.2) is 13.1 Å². The minimum Gasteiger partial charge on any atom is -0.465 e. The Kier molecular flexibility index (Phi) is 3.73. The highest BCUT2D eigenvalue weighted by atomic mass is 79.9. The molecule has 0 fully saturated rings. The number of hydrogen-bond acceptors (Lipinski definition) is 2. The molecule has 1 unspecified atom stereocenters. The molecule has 5 heteroatoms. The molecule has 0 saturated carbocycles. The van der Waals surface area contributed by atoms with Gasteiger partial charge in [0.15, 0.2) is 0 Å². The van der Waals surface area contributed by atoms with E-state index in [1.54, 1.807) is 6.92 Å². The topological polar surface area (TPSA) is 26.3 Å². The van der Waals surface area contributed by atoms with Gasteiger partial charge in [-0.2, -0.15) is 0 Å². The third kappa shape index (κ3) is 2.92. The van der Waals surface area contributed by atoms with Crippen molar-refractivity contribution in [3.8, 4) is 0 Å². The first-order valence-corrected chi connectivity index (χ1v) is 5.29. The van der Waals surface area contributed by atoms with Gasteiger partial charge in [-0.1, -0.05) is 17.7 Å². The van der Waals surface area contributed by atoms with Crippen molar-refractivity contribution < 1.29 is 13.9 Å². The SMILES string of the molecule is COC(=O)c1ccc(C(F)(Cl)Br)cc1C. The van der Waals surface area contributed by atoms with Crippen LogP contribution < -0.4 is 0 Å². The summed E-state index contributed by atoms with van der Waals surface area (Å²) < 4.78 is 15.7. The van der Waals surface area contributed by atoms with Gasteiger partial charge in [0.1, 0.15) is 0 Å². The van der Waals surface area contributed by atoms with Crippen LogP contribution in [-0.2, 0) is 8.77 Å². The fraction of sp³-hybridized carbons (Fsp3) is 0.300. The molecule has 15 heavy (non-hydrogen) atoms. The zero-order valence-electron chi connectivity index (χ0n) is 8.18. The molecule has 0 bridgehead atoms. The number of benzene rings is 1. The second kappa shape index (κ2) is 4.49. The summed E-state index contributed by atoms with van der Waals surface area (Å²) in [5.74, 6) is -0.451. The van der Waals surface area contributed by atoms with Crippen molar-refractivity contribution >= 4 is 33.5 Å². The van der Waals surface area contributed by atoms with Gasteiger partial charge >= 0.3 is 5.97 Å². The molecule has 0 spiro atoms. The lowest BCUT2D eigenvalue weighted by molar-refractivity contribution is 0.0600. The maximum atomic E-state index is 13.3. The quantitative estimate of drug-likeness (QED) is 0.616. The molecule has 1 aromatic rings. The summed E-state index contributed by atoms with van der Waals surface area (Å²) in [4.78, 5) is 11.2. The van der Waals surface area contributed by atoms with Gasteiger partial charge in [0.25, 0.3) is 4.04 Å². The van der Waals surface area contributed by atoms with Crippen molar-refractivity contribution in [2.24, 2.45) is 0 Å². The lowest BCUT2D eigenvalue weighted by Crippen LogP contribution is -2.07. The highest BCUT2D eigenvalue weighted by Crippen LogP contribution is 2.37. The summed E-state index contributed by atoms with van der Waals surface area (Å²) in [6, 6.07) is 4.41. The van der Waals surface area contributed by atoms with Crippen molar-refractivity contribution in [1.82, 2.24) is 0 Å². The molecule has 2 nitrogen and oxygen atoms in total. The summed E-state index contributed by atoms with van der Waals surface area (Å²) in [5.41, 5.74) is 1.26. The highest BCUT2D eigenvalue weighted by molar-refractivity contribution is 9.10. The smallest absolute Gasteiger partial charge is 0.338 e. The molecular weight excluding hydrogens is 286 g/mol. The van der Waals surface area contributed by atoms with E-state index in [9.17, 15) is 9.18 Å². The molecular formula is C10H9BrClFO2. The van der Waals surface area contributed by atoms with E-state index in [0.29, 0.717) is 11.1 Å². The number of carbonyl (C=O) groups is 1. The molecule has 0 aliphatic rings. The summed E-state index contributed by atoms with van der Waals surface area (Å²) in [6.45, 7) is 1.69. The van der Waals surface area contributed by atoms with Crippen LogP contribution in [0.15, 0.2) is 18.2 Å². The lowest BCUT2D eigenvalue weighted by Gasteiger charge is -2.12. The Morgan fingerprint density at radius 2 is 2.20 bits per heavy atom. The molecule has 0 saturated heterocycles. The molecule has 0 radical (unpaired) electrons. The summed E-state index contributed by atoms with van der Waals surface area (Å²) in [7, 11) is 1.29. The molecule has 82 valence electrons. The van der Waals surface area contributed by atoms with Crippen LogP contribution in [0, 0.1) is 6.92 Å². The Balaban J connectivity index is 3.15. The highest BCUT2D eigenvalue weighted by Gasteiger charge is 2.25. The Morgan fingerprint density at radius 3 is 2.60 bits per heavy atom. The minimum atomic E-state index is -2.10. The third-order valence-electron chi connectivity index (χ3n) is 1.96. The van der Waals surface area contributed by atoms with Gasteiger partial charge in [-0.25, -0.2) is 9.18 Å². The van der Waals surface area contributed by atoms with E-state index in [1.807, 2.05) is 0 Å².